The normalized spacial score (nSPS) is 21.0. The Kier molecular flexibility index (Phi) is 6.82. The van der Waals surface area contributed by atoms with Gasteiger partial charge < -0.3 is 9.64 Å². The average molecular weight is 449 g/mol. The second-order valence-corrected chi connectivity index (χ2v) is 9.07. The Labute approximate surface area is 195 Å². The fourth-order valence-corrected chi connectivity index (χ4v) is 5.23. The SMILES string of the molecule is CCN(Cc1ccccc1)C(=O)CC1(c2cccc(OC)c2)CC(=O)N(C2CCCC2)C1=O. The van der Waals surface area contributed by atoms with Crippen molar-refractivity contribution in [2.24, 2.45) is 0 Å². The van der Waals surface area contributed by atoms with E-state index in [1.54, 1.807) is 18.1 Å². The van der Waals surface area contributed by atoms with Crippen molar-refractivity contribution in [2.45, 2.75) is 63.5 Å². The molecule has 2 fully saturated rings. The average Bonchev–Trinajstić information content (AvgIpc) is 3.44. The van der Waals surface area contributed by atoms with E-state index in [0.717, 1.165) is 31.2 Å². The van der Waals surface area contributed by atoms with Crippen LogP contribution in [0.25, 0.3) is 0 Å². The summed E-state index contributed by atoms with van der Waals surface area (Å²) in [5.74, 6) is 0.0690. The van der Waals surface area contributed by atoms with Crippen LogP contribution >= 0.6 is 0 Å². The smallest absolute Gasteiger partial charge is 0.241 e. The van der Waals surface area contributed by atoms with Gasteiger partial charge in [0.25, 0.3) is 0 Å². The van der Waals surface area contributed by atoms with Crippen LogP contribution in [0.2, 0.25) is 0 Å². The van der Waals surface area contributed by atoms with Crippen molar-refractivity contribution in [2.75, 3.05) is 13.7 Å². The predicted octanol–water partition coefficient (Wildman–Crippen LogP) is 4.07. The van der Waals surface area contributed by atoms with E-state index in [2.05, 4.69) is 0 Å². The standard InChI is InChI=1S/C27H32N2O4/c1-3-28(19-20-10-5-4-6-11-20)24(30)17-27(21-12-9-15-23(16-21)33-2)18-25(31)29(26(27)32)22-13-7-8-14-22/h4-6,9-12,15-16,22H,3,7-8,13-14,17-19H2,1-2H3. The predicted molar refractivity (Wildman–Crippen MR) is 126 cm³/mol. The Bertz CT molecular complexity index is 1020. The zero-order valence-electron chi connectivity index (χ0n) is 19.5. The third-order valence-corrected chi connectivity index (χ3v) is 7.07. The molecule has 3 amide bonds. The van der Waals surface area contributed by atoms with Crippen molar-refractivity contribution in [3.8, 4) is 5.75 Å². The molecular formula is C27H32N2O4. The van der Waals surface area contributed by atoms with Gasteiger partial charge in [0.05, 0.1) is 12.5 Å². The number of methoxy groups -OCH3 is 1. The number of carbonyl (C=O) groups is 3. The van der Waals surface area contributed by atoms with Crippen molar-refractivity contribution in [1.82, 2.24) is 9.80 Å². The van der Waals surface area contributed by atoms with E-state index in [0.29, 0.717) is 24.4 Å². The maximum Gasteiger partial charge on any atom is 0.241 e. The van der Waals surface area contributed by atoms with Gasteiger partial charge >= 0.3 is 0 Å². The van der Waals surface area contributed by atoms with E-state index in [1.807, 2.05) is 55.5 Å². The second-order valence-electron chi connectivity index (χ2n) is 9.07. The maximum absolute atomic E-state index is 13.9. The third-order valence-electron chi connectivity index (χ3n) is 7.07. The number of carbonyl (C=O) groups excluding carboxylic acids is 3. The summed E-state index contributed by atoms with van der Waals surface area (Å²) in [6.07, 6.45) is 3.71. The summed E-state index contributed by atoms with van der Waals surface area (Å²) in [7, 11) is 1.57. The van der Waals surface area contributed by atoms with Gasteiger partial charge in [0.1, 0.15) is 5.75 Å². The van der Waals surface area contributed by atoms with Gasteiger partial charge in [-0.15, -0.1) is 0 Å². The minimum absolute atomic E-state index is 0.0180. The lowest BCUT2D eigenvalue weighted by Crippen LogP contribution is -2.45. The van der Waals surface area contributed by atoms with Crippen molar-refractivity contribution in [3.63, 3.8) is 0 Å². The summed E-state index contributed by atoms with van der Waals surface area (Å²) < 4.78 is 5.40. The van der Waals surface area contributed by atoms with Crippen LogP contribution < -0.4 is 4.74 Å². The highest BCUT2D eigenvalue weighted by molar-refractivity contribution is 6.11. The minimum atomic E-state index is -1.20. The summed E-state index contributed by atoms with van der Waals surface area (Å²) >= 11 is 0. The highest BCUT2D eigenvalue weighted by atomic mass is 16.5. The fourth-order valence-electron chi connectivity index (χ4n) is 5.23. The first kappa shape index (κ1) is 23.0. The molecule has 1 saturated carbocycles. The van der Waals surface area contributed by atoms with Crippen LogP contribution in [-0.4, -0.2) is 47.2 Å². The zero-order valence-corrected chi connectivity index (χ0v) is 19.5. The van der Waals surface area contributed by atoms with Crippen molar-refractivity contribution in [3.05, 3.63) is 65.7 Å². The topological polar surface area (TPSA) is 66.9 Å². The number of imide groups is 1. The fraction of sp³-hybridized carbons (Fsp3) is 0.444. The van der Waals surface area contributed by atoms with Crippen LogP contribution in [0.4, 0.5) is 0 Å². The minimum Gasteiger partial charge on any atom is -0.497 e. The Morgan fingerprint density at radius 3 is 2.48 bits per heavy atom. The molecule has 33 heavy (non-hydrogen) atoms. The Morgan fingerprint density at radius 1 is 1.09 bits per heavy atom. The van der Waals surface area contributed by atoms with E-state index < -0.39 is 5.41 Å². The number of rotatable bonds is 8. The van der Waals surface area contributed by atoms with Gasteiger partial charge in [-0.1, -0.05) is 55.3 Å². The highest BCUT2D eigenvalue weighted by Gasteiger charge is 2.56. The molecule has 1 saturated heterocycles. The lowest BCUT2D eigenvalue weighted by atomic mass is 9.75. The van der Waals surface area contributed by atoms with Gasteiger partial charge in [0, 0.05) is 32.0 Å². The molecule has 1 aliphatic carbocycles. The summed E-state index contributed by atoms with van der Waals surface area (Å²) in [6.45, 7) is 2.93. The van der Waals surface area contributed by atoms with E-state index in [1.165, 1.54) is 4.90 Å². The second kappa shape index (κ2) is 9.77. The molecule has 6 heteroatoms. The van der Waals surface area contributed by atoms with Gasteiger partial charge in [-0.25, -0.2) is 0 Å². The number of hydrogen-bond acceptors (Lipinski definition) is 4. The van der Waals surface area contributed by atoms with Crippen LogP contribution in [0.1, 0.15) is 56.6 Å². The number of amides is 3. The van der Waals surface area contributed by atoms with Crippen LogP contribution in [0.3, 0.4) is 0 Å². The number of ether oxygens (including phenoxy) is 1. The largest absolute Gasteiger partial charge is 0.497 e. The monoisotopic (exact) mass is 448 g/mol. The Balaban J connectivity index is 1.68. The molecule has 1 aliphatic heterocycles. The van der Waals surface area contributed by atoms with E-state index in [-0.39, 0.29) is 36.6 Å². The van der Waals surface area contributed by atoms with E-state index >= 15 is 0 Å². The molecule has 1 atom stereocenters. The zero-order chi connectivity index (χ0) is 23.4. The first-order chi connectivity index (χ1) is 16.0. The first-order valence-electron chi connectivity index (χ1n) is 11.8. The first-order valence-corrected chi connectivity index (χ1v) is 11.8. The summed E-state index contributed by atoms with van der Waals surface area (Å²) in [4.78, 5) is 43.9. The van der Waals surface area contributed by atoms with Gasteiger partial charge in [-0.05, 0) is 43.0 Å². The molecule has 0 spiro atoms. The van der Waals surface area contributed by atoms with Crippen molar-refractivity contribution >= 4 is 17.7 Å². The molecule has 0 aromatic heterocycles. The number of nitrogens with zero attached hydrogens (tertiary/aromatic N) is 2. The van der Waals surface area contributed by atoms with Gasteiger partial charge in [-0.3, -0.25) is 19.3 Å². The van der Waals surface area contributed by atoms with E-state index in [9.17, 15) is 14.4 Å². The lowest BCUT2D eigenvalue weighted by Gasteiger charge is -2.31. The summed E-state index contributed by atoms with van der Waals surface area (Å²) in [5, 5.41) is 0. The molecule has 0 N–H and O–H groups in total. The molecule has 0 bridgehead atoms. The molecule has 2 aromatic carbocycles. The molecule has 4 rings (SSSR count). The number of benzene rings is 2. The van der Waals surface area contributed by atoms with Crippen LogP contribution in [0.5, 0.6) is 5.75 Å². The molecule has 0 radical (unpaired) electrons. The summed E-state index contributed by atoms with van der Waals surface area (Å²) in [6, 6.07) is 17.0. The van der Waals surface area contributed by atoms with Gasteiger partial charge in [0.15, 0.2) is 0 Å². The number of likely N-dealkylation sites (tertiary alicyclic amines) is 1. The third kappa shape index (κ3) is 4.52. The highest BCUT2D eigenvalue weighted by Crippen LogP contribution is 2.44. The van der Waals surface area contributed by atoms with Crippen LogP contribution in [-0.2, 0) is 26.3 Å². The molecule has 174 valence electrons. The molecule has 2 aliphatic rings. The lowest BCUT2D eigenvalue weighted by molar-refractivity contribution is -0.144. The Hall–Kier alpha value is -3.15. The molecular weight excluding hydrogens is 416 g/mol. The quantitative estimate of drug-likeness (QED) is 0.571. The summed E-state index contributed by atoms with van der Waals surface area (Å²) in [5.41, 5.74) is 0.504. The number of hydrogen-bond donors (Lipinski definition) is 0. The molecule has 2 aromatic rings. The van der Waals surface area contributed by atoms with Crippen molar-refractivity contribution in [1.29, 1.82) is 0 Å². The van der Waals surface area contributed by atoms with Crippen LogP contribution in [0, 0.1) is 0 Å². The maximum atomic E-state index is 13.9. The van der Waals surface area contributed by atoms with E-state index in [4.69, 9.17) is 4.74 Å². The molecule has 1 unspecified atom stereocenters. The van der Waals surface area contributed by atoms with Crippen LogP contribution in [0.15, 0.2) is 54.6 Å². The van der Waals surface area contributed by atoms with Gasteiger partial charge in [0.2, 0.25) is 17.7 Å². The Morgan fingerprint density at radius 2 is 1.82 bits per heavy atom. The molecule has 6 nitrogen and oxygen atoms in total. The van der Waals surface area contributed by atoms with Gasteiger partial charge in [-0.2, -0.15) is 0 Å². The van der Waals surface area contributed by atoms with Crippen molar-refractivity contribution < 1.29 is 19.1 Å². The molecule has 1 heterocycles.